The SMILES string of the molecule is O=C([C@H]1[C@@H]2C[C@@H](CN(CCc3cccnc3)C2)[C@@H]2CCCC(=O)N21)N1CCOCC1. The van der Waals surface area contributed by atoms with E-state index in [1.54, 1.807) is 0 Å². The number of aromatic nitrogens is 1. The van der Waals surface area contributed by atoms with Crippen LogP contribution in [0.1, 0.15) is 31.2 Å². The van der Waals surface area contributed by atoms with Crippen LogP contribution >= 0.6 is 0 Å². The van der Waals surface area contributed by atoms with Gasteiger partial charge in [0, 0.05) is 63.5 Å². The number of pyridine rings is 1. The molecule has 4 aliphatic rings. The van der Waals surface area contributed by atoms with Gasteiger partial charge < -0.3 is 19.4 Å². The number of hydrogen-bond donors (Lipinski definition) is 0. The first-order chi connectivity index (χ1) is 14.7. The minimum absolute atomic E-state index is 0.149. The van der Waals surface area contributed by atoms with E-state index in [0.29, 0.717) is 38.6 Å². The highest BCUT2D eigenvalue weighted by Gasteiger charge is 2.52. The average Bonchev–Trinajstić information content (AvgIpc) is 2.79. The van der Waals surface area contributed by atoms with Crippen LogP contribution in [-0.4, -0.2) is 89.5 Å². The Hall–Kier alpha value is -1.99. The Kier molecular flexibility index (Phi) is 5.74. The van der Waals surface area contributed by atoms with Gasteiger partial charge in [0.25, 0.3) is 0 Å². The van der Waals surface area contributed by atoms with Crippen LogP contribution in [0.25, 0.3) is 0 Å². The van der Waals surface area contributed by atoms with Crippen LogP contribution in [0.5, 0.6) is 0 Å². The lowest BCUT2D eigenvalue weighted by molar-refractivity contribution is -0.167. The fourth-order valence-electron chi connectivity index (χ4n) is 6.06. The van der Waals surface area contributed by atoms with Crippen LogP contribution < -0.4 is 0 Å². The predicted octanol–water partition coefficient (Wildman–Crippen LogP) is 1.18. The number of fused-ring (bicyclic) bond motifs is 4. The zero-order chi connectivity index (χ0) is 20.5. The van der Waals surface area contributed by atoms with Crippen molar-refractivity contribution in [3.8, 4) is 0 Å². The zero-order valence-corrected chi connectivity index (χ0v) is 17.6. The summed E-state index contributed by atoms with van der Waals surface area (Å²) in [4.78, 5) is 37.3. The average molecular weight is 413 g/mol. The first-order valence-electron chi connectivity index (χ1n) is 11.5. The maximum absolute atomic E-state index is 13.6. The molecular weight excluding hydrogens is 380 g/mol. The Morgan fingerprint density at radius 1 is 1.20 bits per heavy atom. The van der Waals surface area contributed by atoms with Crippen molar-refractivity contribution in [2.45, 2.75) is 44.2 Å². The van der Waals surface area contributed by atoms with Crippen LogP contribution in [-0.2, 0) is 20.7 Å². The Morgan fingerprint density at radius 2 is 2.03 bits per heavy atom. The van der Waals surface area contributed by atoms with Gasteiger partial charge in [0.1, 0.15) is 6.04 Å². The standard InChI is InChI=1S/C23H32N4O3/c28-21-5-1-4-20-18-13-19(16-25(15-18)8-6-17-3-2-7-24-14-17)22(27(20)21)23(29)26-9-11-30-12-10-26/h2-3,7,14,18-20,22H,1,4-6,8-13,15-16H2/t18-,19+,20-,22+/m0/s1. The normalized spacial score (nSPS) is 32.1. The van der Waals surface area contributed by atoms with Crippen molar-refractivity contribution in [2.24, 2.45) is 11.8 Å². The maximum atomic E-state index is 13.6. The van der Waals surface area contributed by atoms with E-state index in [4.69, 9.17) is 4.74 Å². The van der Waals surface area contributed by atoms with E-state index < -0.39 is 0 Å². The van der Waals surface area contributed by atoms with Crippen LogP contribution in [0.2, 0.25) is 0 Å². The maximum Gasteiger partial charge on any atom is 0.245 e. The summed E-state index contributed by atoms with van der Waals surface area (Å²) < 4.78 is 5.45. The van der Waals surface area contributed by atoms with Gasteiger partial charge in [0.2, 0.25) is 11.8 Å². The van der Waals surface area contributed by atoms with Crippen molar-refractivity contribution >= 4 is 11.8 Å². The molecule has 4 fully saturated rings. The van der Waals surface area contributed by atoms with Crippen molar-refractivity contribution in [1.82, 2.24) is 19.7 Å². The van der Waals surface area contributed by atoms with Crippen molar-refractivity contribution in [1.29, 1.82) is 0 Å². The van der Waals surface area contributed by atoms with Gasteiger partial charge in [0.05, 0.1) is 13.2 Å². The highest BCUT2D eigenvalue weighted by atomic mass is 16.5. The van der Waals surface area contributed by atoms with Crippen LogP contribution in [0, 0.1) is 11.8 Å². The molecule has 0 unspecified atom stereocenters. The fourth-order valence-corrected chi connectivity index (χ4v) is 6.06. The summed E-state index contributed by atoms with van der Waals surface area (Å²) in [5.74, 6) is 1.05. The van der Waals surface area contributed by atoms with Gasteiger partial charge in [-0.2, -0.15) is 0 Å². The summed E-state index contributed by atoms with van der Waals surface area (Å²) in [5.41, 5.74) is 1.25. The lowest BCUT2D eigenvalue weighted by atomic mass is 9.71. The van der Waals surface area contributed by atoms with E-state index in [-0.39, 0.29) is 29.8 Å². The number of amides is 2. The molecule has 2 bridgehead atoms. The largest absolute Gasteiger partial charge is 0.378 e. The molecule has 0 N–H and O–H groups in total. The minimum atomic E-state index is -0.293. The highest BCUT2D eigenvalue weighted by molar-refractivity contribution is 5.89. The molecule has 0 saturated carbocycles. The second-order valence-corrected chi connectivity index (χ2v) is 9.27. The van der Waals surface area contributed by atoms with Gasteiger partial charge in [-0.1, -0.05) is 6.07 Å². The molecular formula is C23H32N4O3. The van der Waals surface area contributed by atoms with Gasteiger partial charge in [-0.3, -0.25) is 14.6 Å². The molecule has 1 aromatic heterocycles. The van der Waals surface area contributed by atoms with E-state index in [9.17, 15) is 9.59 Å². The Morgan fingerprint density at radius 3 is 2.83 bits per heavy atom. The molecule has 7 nitrogen and oxygen atoms in total. The molecule has 0 spiro atoms. The molecule has 2 amide bonds. The summed E-state index contributed by atoms with van der Waals surface area (Å²) in [6.07, 6.45) is 8.37. The molecule has 30 heavy (non-hydrogen) atoms. The quantitative estimate of drug-likeness (QED) is 0.743. The second-order valence-electron chi connectivity index (χ2n) is 9.27. The van der Waals surface area contributed by atoms with Crippen molar-refractivity contribution in [3.05, 3.63) is 30.1 Å². The predicted molar refractivity (Wildman–Crippen MR) is 112 cm³/mol. The summed E-state index contributed by atoms with van der Waals surface area (Å²) in [5, 5.41) is 0. The van der Waals surface area contributed by atoms with Crippen LogP contribution in [0.15, 0.2) is 24.5 Å². The smallest absolute Gasteiger partial charge is 0.245 e. The molecule has 1 aromatic rings. The van der Waals surface area contributed by atoms with Gasteiger partial charge in [-0.15, -0.1) is 0 Å². The number of nitrogens with zero attached hydrogens (tertiary/aromatic N) is 4. The third-order valence-corrected chi connectivity index (χ3v) is 7.43. The summed E-state index contributed by atoms with van der Waals surface area (Å²) >= 11 is 0. The molecule has 5 heterocycles. The number of ether oxygens (including phenoxy) is 1. The molecule has 7 heteroatoms. The molecule has 5 rings (SSSR count). The van der Waals surface area contributed by atoms with Gasteiger partial charge in [-0.25, -0.2) is 0 Å². The topological polar surface area (TPSA) is 66.0 Å². The number of carbonyl (C=O) groups excluding carboxylic acids is 2. The number of rotatable bonds is 4. The number of piperidine rings is 3. The van der Waals surface area contributed by atoms with E-state index in [2.05, 4.69) is 16.0 Å². The lowest BCUT2D eigenvalue weighted by Gasteiger charge is -2.56. The van der Waals surface area contributed by atoms with Crippen LogP contribution in [0.4, 0.5) is 0 Å². The van der Waals surface area contributed by atoms with E-state index in [0.717, 1.165) is 45.3 Å². The molecule has 4 aliphatic heterocycles. The summed E-state index contributed by atoms with van der Waals surface area (Å²) in [7, 11) is 0. The summed E-state index contributed by atoms with van der Waals surface area (Å²) in [6, 6.07) is 4.05. The lowest BCUT2D eigenvalue weighted by Crippen LogP contribution is -2.69. The summed E-state index contributed by atoms with van der Waals surface area (Å²) in [6.45, 7) is 5.39. The number of likely N-dealkylation sites (tertiary alicyclic amines) is 1. The number of morpholine rings is 1. The van der Waals surface area contributed by atoms with Crippen molar-refractivity contribution in [2.75, 3.05) is 45.9 Å². The van der Waals surface area contributed by atoms with E-state index >= 15 is 0 Å². The number of hydrogen-bond acceptors (Lipinski definition) is 5. The molecule has 4 atom stereocenters. The Balaban J connectivity index is 1.35. The van der Waals surface area contributed by atoms with Crippen molar-refractivity contribution < 1.29 is 14.3 Å². The first-order valence-corrected chi connectivity index (χ1v) is 11.5. The highest BCUT2D eigenvalue weighted by Crippen LogP contribution is 2.42. The Labute approximate surface area is 178 Å². The third kappa shape index (κ3) is 3.85. The Bertz CT molecular complexity index is 767. The molecule has 0 aromatic carbocycles. The fraction of sp³-hybridized carbons (Fsp3) is 0.696. The monoisotopic (exact) mass is 412 g/mol. The molecule has 162 valence electrons. The molecule has 0 aliphatic carbocycles. The van der Waals surface area contributed by atoms with Gasteiger partial charge in [-0.05, 0) is 43.2 Å². The van der Waals surface area contributed by atoms with Gasteiger partial charge in [0.15, 0.2) is 0 Å². The first kappa shape index (κ1) is 19.9. The number of carbonyl (C=O) groups is 2. The van der Waals surface area contributed by atoms with Gasteiger partial charge >= 0.3 is 0 Å². The van der Waals surface area contributed by atoms with E-state index in [1.807, 2.05) is 28.3 Å². The molecule has 0 radical (unpaired) electrons. The van der Waals surface area contributed by atoms with Crippen molar-refractivity contribution in [3.63, 3.8) is 0 Å². The van der Waals surface area contributed by atoms with Crippen LogP contribution in [0.3, 0.4) is 0 Å². The molecule has 4 saturated heterocycles. The zero-order valence-electron chi connectivity index (χ0n) is 17.6. The third-order valence-electron chi connectivity index (χ3n) is 7.43. The second kappa shape index (κ2) is 8.63. The van der Waals surface area contributed by atoms with E-state index in [1.165, 1.54) is 5.56 Å². The minimum Gasteiger partial charge on any atom is -0.378 e.